The van der Waals surface area contributed by atoms with Crippen LogP contribution in [0.1, 0.15) is 61.9 Å². The fourth-order valence-corrected chi connectivity index (χ4v) is 3.68. The van der Waals surface area contributed by atoms with Crippen LogP contribution in [0.4, 0.5) is 4.39 Å². The zero-order valence-corrected chi connectivity index (χ0v) is 16.4. The highest BCUT2D eigenvalue weighted by atomic mass is 19.1. The molecule has 3 aliphatic heterocycles. The van der Waals surface area contributed by atoms with Gasteiger partial charge in [0.1, 0.15) is 0 Å². The Morgan fingerprint density at radius 2 is 1.81 bits per heavy atom. The Bertz CT molecular complexity index is 663. The van der Waals surface area contributed by atoms with Gasteiger partial charge in [-0.15, -0.1) is 0 Å². The van der Waals surface area contributed by atoms with Crippen LogP contribution >= 0.6 is 0 Å². The first-order valence-corrected chi connectivity index (χ1v) is 9.81. The minimum atomic E-state index is -1.34. The monoisotopic (exact) mass is 380 g/mol. The van der Waals surface area contributed by atoms with E-state index < -0.39 is 11.8 Å². The molecule has 0 aliphatic carbocycles. The molecular weight excluding hydrogens is 351 g/mol. The largest absolute Gasteiger partial charge is 0.491 e. The van der Waals surface area contributed by atoms with Crippen molar-refractivity contribution in [3.8, 4) is 5.75 Å². The van der Waals surface area contributed by atoms with Gasteiger partial charge >= 0.3 is 0 Å². The third-order valence-corrected chi connectivity index (χ3v) is 5.43. The van der Waals surface area contributed by atoms with E-state index in [2.05, 4.69) is 6.92 Å². The van der Waals surface area contributed by atoms with E-state index in [0.29, 0.717) is 32.0 Å². The lowest BCUT2D eigenvalue weighted by Gasteiger charge is -2.51. The molecule has 3 saturated heterocycles. The molecule has 6 heteroatoms. The van der Waals surface area contributed by atoms with Gasteiger partial charge in [0.25, 0.3) is 5.97 Å². The van der Waals surface area contributed by atoms with Crippen molar-refractivity contribution in [2.24, 2.45) is 5.41 Å². The first-order chi connectivity index (χ1) is 12.9. The summed E-state index contributed by atoms with van der Waals surface area (Å²) in [4.78, 5) is 12.8. The van der Waals surface area contributed by atoms with Gasteiger partial charge in [-0.1, -0.05) is 26.2 Å². The zero-order valence-electron chi connectivity index (χ0n) is 16.4. The summed E-state index contributed by atoms with van der Waals surface area (Å²) in [5.74, 6) is -1.97. The second kappa shape index (κ2) is 8.25. The Kier molecular flexibility index (Phi) is 6.18. The molecule has 0 aromatic heterocycles. The maximum atomic E-state index is 14.4. The Labute approximate surface area is 160 Å². The normalized spacial score (nSPS) is 27.0. The van der Waals surface area contributed by atoms with Gasteiger partial charge in [-0.25, -0.2) is 4.39 Å². The summed E-state index contributed by atoms with van der Waals surface area (Å²) in [6.45, 7) is 7.48. The van der Waals surface area contributed by atoms with Crippen molar-refractivity contribution in [1.82, 2.24) is 0 Å². The van der Waals surface area contributed by atoms with Crippen molar-refractivity contribution in [2.45, 2.75) is 58.8 Å². The molecule has 4 rings (SSSR count). The third-order valence-electron chi connectivity index (χ3n) is 5.43. The van der Waals surface area contributed by atoms with Crippen LogP contribution in [0.3, 0.4) is 0 Å². The fourth-order valence-electron chi connectivity index (χ4n) is 3.68. The average Bonchev–Trinajstić information content (AvgIpc) is 2.67. The number of halogens is 1. The van der Waals surface area contributed by atoms with Crippen LogP contribution < -0.4 is 4.74 Å². The van der Waals surface area contributed by atoms with Gasteiger partial charge in [-0.3, -0.25) is 4.79 Å². The molecule has 0 N–H and O–H groups in total. The number of hydrogen-bond acceptors (Lipinski definition) is 5. The Hall–Kier alpha value is -1.50. The van der Waals surface area contributed by atoms with Crippen molar-refractivity contribution in [3.05, 3.63) is 29.1 Å². The summed E-state index contributed by atoms with van der Waals surface area (Å²) in [5.41, 5.74) is 0.454. The van der Waals surface area contributed by atoms with E-state index in [1.165, 1.54) is 12.5 Å². The SMILES string of the molecule is CCCCCC12COC(CC(=O)c3ccc(OCC)c(F)c3C)(OC1)OC2. The van der Waals surface area contributed by atoms with Gasteiger partial charge in [0, 0.05) is 11.0 Å². The zero-order chi connectivity index (χ0) is 19.5. The maximum Gasteiger partial charge on any atom is 0.290 e. The van der Waals surface area contributed by atoms with Crippen LogP contribution in [-0.2, 0) is 14.2 Å². The van der Waals surface area contributed by atoms with Crippen LogP contribution in [0, 0.1) is 18.2 Å². The molecule has 0 radical (unpaired) electrons. The molecule has 1 aromatic carbocycles. The summed E-state index contributed by atoms with van der Waals surface area (Å²) in [5, 5.41) is 0. The van der Waals surface area contributed by atoms with Crippen molar-refractivity contribution in [2.75, 3.05) is 26.4 Å². The number of carbonyl (C=O) groups is 1. The summed E-state index contributed by atoms with van der Waals surface area (Å²) in [7, 11) is 0. The van der Waals surface area contributed by atoms with E-state index in [-0.39, 0.29) is 28.9 Å². The number of carbonyl (C=O) groups excluding carboxylic acids is 1. The third kappa shape index (κ3) is 4.18. The molecule has 5 nitrogen and oxygen atoms in total. The molecular formula is C21H29FO5. The van der Waals surface area contributed by atoms with Crippen LogP contribution in [0.2, 0.25) is 0 Å². The van der Waals surface area contributed by atoms with Crippen LogP contribution in [0.15, 0.2) is 12.1 Å². The van der Waals surface area contributed by atoms with Crippen molar-refractivity contribution < 1.29 is 28.1 Å². The number of ether oxygens (including phenoxy) is 4. The summed E-state index contributed by atoms with van der Waals surface area (Å²) in [6, 6.07) is 3.07. The number of benzene rings is 1. The van der Waals surface area contributed by atoms with Crippen molar-refractivity contribution in [1.29, 1.82) is 0 Å². The molecule has 0 atom stereocenters. The number of rotatable bonds is 9. The highest BCUT2D eigenvalue weighted by molar-refractivity contribution is 5.98. The van der Waals surface area contributed by atoms with Gasteiger partial charge in [-0.2, -0.15) is 0 Å². The van der Waals surface area contributed by atoms with E-state index in [9.17, 15) is 9.18 Å². The second-order valence-corrected chi connectivity index (χ2v) is 7.59. The molecule has 2 bridgehead atoms. The number of hydrogen-bond donors (Lipinski definition) is 0. The summed E-state index contributed by atoms with van der Waals surface area (Å²) >= 11 is 0. The lowest BCUT2D eigenvalue weighted by molar-refractivity contribution is -0.466. The van der Waals surface area contributed by atoms with Gasteiger partial charge in [0.15, 0.2) is 17.3 Å². The van der Waals surface area contributed by atoms with Gasteiger partial charge in [0.2, 0.25) is 0 Å². The summed E-state index contributed by atoms with van der Waals surface area (Å²) < 4.78 is 37.2. The van der Waals surface area contributed by atoms with E-state index in [1.807, 2.05) is 0 Å². The van der Waals surface area contributed by atoms with E-state index in [1.54, 1.807) is 19.9 Å². The maximum absolute atomic E-state index is 14.4. The molecule has 27 heavy (non-hydrogen) atoms. The molecule has 3 aliphatic rings. The molecule has 150 valence electrons. The quantitative estimate of drug-likeness (QED) is 0.469. The lowest BCUT2D eigenvalue weighted by atomic mass is 9.83. The standard InChI is InChI=1S/C21H29FO5/c1-4-6-7-10-20-12-25-21(26-13-20,27-14-20)11-17(23)16-8-9-18(24-5-2)19(22)15(16)3/h8-9H,4-7,10-14H2,1-3H3. The van der Waals surface area contributed by atoms with E-state index in [0.717, 1.165) is 19.3 Å². The molecule has 0 unspecified atom stereocenters. The molecule has 0 saturated carbocycles. The molecule has 0 spiro atoms. The van der Waals surface area contributed by atoms with Gasteiger partial charge in [-0.05, 0) is 38.0 Å². The fraction of sp³-hybridized carbons (Fsp3) is 0.667. The average molecular weight is 380 g/mol. The Balaban J connectivity index is 1.65. The smallest absolute Gasteiger partial charge is 0.290 e. The highest BCUT2D eigenvalue weighted by Gasteiger charge is 2.53. The predicted molar refractivity (Wildman–Crippen MR) is 98.4 cm³/mol. The molecule has 1 aromatic rings. The molecule has 3 fully saturated rings. The lowest BCUT2D eigenvalue weighted by Crippen LogP contribution is -2.60. The van der Waals surface area contributed by atoms with Crippen molar-refractivity contribution >= 4 is 5.78 Å². The van der Waals surface area contributed by atoms with E-state index >= 15 is 0 Å². The van der Waals surface area contributed by atoms with Crippen LogP contribution in [0.25, 0.3) is 0 Å². The minimum Gasteiger partial charge on any atom is -0.491 e. The van der Waals surface area contributed by atoms with Crippen molar-refractivity contribution in [3.63, 3.8) is 0 Å². The molecule has 3 heterocycles. The Morgan fingerprint density at radius 3 is 2.41 bits per heavy atom. The van der Waals surface area contributed by atoms with Gasteiger partial charge in [0.05, 0.1) is 32.8 Å². The number of unbranched alkanes of at least 4 members (excludes halogenated alkanes) is 2. The topological polar surface area (TPSA) is 54.0 Å². The van der Waals surface area contributed by atoms with Crippen LogP contribution in [-0.4, -0.2) is 38.2 Å². The predicted octanol–water partition coefficient (Wildman–Crippen LogP) is 4.40. The number of fused-ring (bicyclic) bond motifs is 3. The second-order valence-electron chi connectivity index (χ2n) is 7.59. The minimum absolute atomic E-state index is 0.0910. The first-order valence-electron chi connectivity index (χ1n) is 9.81. The van der Waals surface area contributed by atoms with Crippen LogP contribution in [0.5, 0.6) is 5.75 Å². The number of ketones is 1. The first kappa shape index (κ1) is 20.2. The highest BCUT2D eigenvalue weighted by Crippen LogP contribution is 2.43. The summed E-state index contributed by atoms with van der Waals surface area (Å²) in [6.07, 6.45) is 4.35. The number of Topliss-reactive ketones (excluding diaryl/α,β-unsaturated/α-hetero) is 1. The van der Waals surface area contributed by atoms with E-state index in [4.69, 9.17) is 18.9 Å². The molecule has 0 amide bonds. The van der Waals surface area contributed by atoms with Gasteiger partial charge < -0.3 is 18.9 Å². The Morgan fingerprint density at radius 1 is 1.15 bits per heavy atom.